The van der Waals surface area contributed by atoms with Gasteiger partial charge in [-0.15, -0.1) is 0 Å². The molecule has 0 aromatic heterocycles. The third-order valence-electron chi connectivity index (χ3n) is 7.51. The van der Waals surface area contributed by atoms with Gasteiger partial charge in [-0.3, -0.25) is 9.59 Å². The number of ether oxygens (including phenoxy) is 3. The number of fused-ring (bicyclic) bond motifs is 7. The number of hydrogen-bond donors (Lipinski definition) is 0. The van der Waals surface area contributed by atoms with E-state index >= 15 is 0 Å². The number of rotatable bonds is 5. The van der Waals surface area contributed by atoms with Crippen LogP contribution in [-0.4, -0.2) is 29.8 Å². The molecule has 4 aliphatic rings. The van der Waals surface area contributed by atoms with Crippen molar-refractivity contribution in [2.24, 2.45) is 28.8 Å². The molecule has 4 unspecified atom stereocenters. The summed E-state index contributed by atoms with van der Waals surface area (Å²) in [6, 6.07) is 17.5. The molecule has 2 amide bonds. The van der Waals surface area contributed by atoms with Crippen LogP contribution in [0.3, 0.4) is 0 Å². The van der Waals surface area contributed by atoms with Gasteiger partial charge in [0.1, 0.15) is 12.4 Å². The predicted octanol–water partition coefficient (Wildman–Crippen LogP) is 4.29. The van der Waals surface area contributed by atoms with Crippen molar-refractivity contribution in [2.45, 2.75) is 13.0 Å². The van der Waals surface area contributed by atoms with Crippen molar-refractivity contribution in [1.29, 1.82) is 0 Å². The molecule has 1 saturated carbocycles. The van der Waals surface area contributed by atoms with E-state index in [1.54, 1.807) is 6.21 Å². The highest BCUT2D eigenvalue weighted by molar-refractivity contribution is 6.08. The van der Waals surface area contributed by atoms with E-state index in [1.807, 2.05) is 54.6 Å². The summed E-state index contributed by atoms with van der Waals surface area (Å²) in [5, 5.41) is 7.43. The van der Waals surface area contributed by atoms with E-state index in [0.717, 1.165) is 39.1 Å². The topological polar surface area (TPSA) is 77.4 Å². The first-order valence-corrected chi connectivity index (χ1v) is 11.8. The maximum Gasteiger partial charge on any atom is 0.254 e. The van der Waals surface area contributed by atoms with Crippen LogP contribution in [-0.2, 0) is 16.2 Å². The van der Waals surface area contributed by atoms with Gasteiger partial charge in [0, 0.05) is 5.56 Å². The molecule has 0 N–H and O–H groups in total. The smallest absolute Gasteiger partial charge is 0.254 e. The molecule has 1 saturated heterocycles. The summed E-state index contributed by atoms with van der Waals surface area (Å²) in [5.41, 5.74) is 1.66. The summed E-state index contributed by atoms with van der Waals surface area (Å²) in [4.78, 5) is 26.1. The molecule has 3 aromatic rings. The van der Waals surface area contributed by atoms with E-state index in [4.69, 9.17) is 14.2 Å². The maximum absolute atomic E-state index is 13.1. The van der Waals surface area contributed by atoms with Crippen LogP contribution >= 0.6 is 0 Å². The van der Waals surface area contributed by atoms with Crippen molar-refractivity contribution in [3.8, 4) is 17.2 Å². The minimum atomic E-state index is -0.274. The van der Waals surface area contributed by atoms with E-state index < -0.39 is 0 Å². The fourth-order valence-electron chi connectivity index (χ4n) is 5.84. The van der Waals surface area contributed by atoms with Gasteiger partial charge in [0.15, 0.2) is 11.5 Å². The lowest BCUT2D eigenvalue weighted by Crippen LogP contribution is -2.28. The number of carbonyl (C=O) groups is 2. The van der Waals surface area contributed by atoms with Crippen LogP contribution in [0.5, 0.6) is 17.2 Å². The van der Waals surface area contributed by atoms with E-state index in [2.05, 4.69) is 17.3 Å². The summed E-state index contributed by atoms with van der Waals surface area (Å²) >= 11 is 0. The highest BCUT2D eigenvalue weighted by atomic mass is 16.7. The molecular weight excluding hydrogens is 444 g/mol. The lowest BCUT2D eigenvalue weighted by atomic mass is 9.85. The van der Waals surface area contributed by atoms with Gasteiger partial charge in [-0.05, 0) is 52.8 Å². The Morgan fingerprint density at radius 1 is 0.943 bits per heavy atom. The highest BCUT2D eigenvalue weighted by Crippen LogP contribution is 2.52. The van der Waals surface area contributed by atoms with Crippen LogP contribution in [0.1, 0.15) is 17.5 Å². The number of carbonyl (C=O) groups excluding carboxylic acids is 2. The molecule has 7 heteroatoms. The second-order valence-corrected chi connectivity index (χ2v) is 9.41. The normalized spacial score (nSPS) is 25.9. The molecular formula is C28H22N2O5. The molecule has 2 fully saturated rings. The summed E-state index contributed by atoms with van der Waals surface area (Å²) < 4.78 is 17.0. The van der Waals surface area contributed by atoms with Gasteiger partial charge in [0.25, 0.3) is 11.8 Å². The molecule has 4 atom stereocenters. The zero-order valence-electron chi connectivity index (χ0n) is 18.8. The molecule has 35 heavy (non-hydrogen) atoms. The minimum absolute atomic E-state index is 0.153. The Morgan fingerprint density at radius 3 is 2.54 bits per heavy atom. The van der Waals surface area contributed by atoms with Crippen LogP contribution in [0.15, 0.2) is 71.9 Å². The first-order valence-electron chi connectivity index (χ1n) is 11.8. The van der Waals surface area contributed by atoms with Gasteiger partial charge in [0.05, 0.1) is 18.1 Å². The summed E-state index contributed by atoms with van der Waals surface area (Å²) in [7, 11) is 0. The lowest BCUT2D eigenvalue weighted by molar-refractivity contribution is -0.140. The van der Waals surface area contributed by atoms with E-state index in [9.17, 15) is 9.59 Å². The van der Waals surface area contributed by atoms with Crippen molar-refractivity contribution in [3.05, 3.63) is 77.9 Å². The van der Waals surface area contributed by atoms with Gasteiger partial charge in [0.2, 0.25) is 6.79 Å². The molecule has 7 rings (SSSR count). The summed E-state index contributed by atoms with van der Waals surface area (Å²) in [6.45, 7) is 0.536. The molecule has 2 aliphatic heterocycles. The fraction of sp³-hybridized carbons (Fsp3) is 0.250. The minimum Gasteiger partial charge on any atom is -0.488 e. The van der Waals surface area contributed by atoms with Crippen molar-refractivity contribution in [1.82, 2.24) is 5.01 Å². The van der Waals surface area contributed by atoms with Gasteiger partial charge in [-0.25, -0.2) is 0 Å². The quantitative estimate of drug-likeness (QED) is 0.319. The SMILES string of the molecule is O=C1C2C3C=CC(C3)C2C(=O)N1N=Cc1c(OCc2ccc3c(c2)OCO3)ccc2ccccc12. The maximum atomic E-state index is 13.1. The Hall–Kier alpha value is -4.13. The molecule has 2 heterocycles. The fourth-order valence-corrected chi connectivity index (χ4v) is 5.84. The molecule has 3 aromatic carbocycles. The zero-order valence-corrected chi connectivity index (χ0v) is 18.8. The van der Waals surface area contributed by atoms with Crippen LogP contribution in [0.2, 0.25) is 0 Å². The molecule has 0 spiro atoms. The molecule has 2 bridgehead atoms. The molecule has 174 valence electrons. The standard InChI is InChI=1S/C28H22N2O5/c31-27-25-18-6-7-19(12-18)26(25)28(32)30(27)29-13-21-20-4-2-1-3-17(20)8-10-22(21)33-14-16-5-9-23-24(11-16)35-15-34-23/h1-11,13,18-19,25-26H,12,14-15H2. The van der Waals surface area contributed by atoms with Gasteiger partial charge < -0.3 is 14.2 Å². The Morgan fingerprint density at radius 2 is 1.71 bits per heavy atom. The molecule has 2 aliphatic carbocycles. The number of hydrogen-bond acceptors (Lipinski definition) is 6. The molecule has 0 radical (unpaired) electrons. The Balaban J connectivity index is 1.20. The third-order valence-corrected chi connectivity index (χ3v) is 7.51. The average Bonchev–Trinajstić information content (AvgIpc) is 3.66. The van der Waals surface area contributed by atoms with Crippen molar-refractivity contribution < 1.29 is 23.8 Å². The van der Waals surface area contributed by atoms with Crippen LogP contribution in [0, 0.1) is 23.7 Å². The number of hydrazone groups is 1. The lowest BCUT2D eigenvalue weighted by Gasteiger charge is -2.14. The number of amides is 2. The number of nitrogens with zero attached hydrogens (tertiary/aromatic N) is 2. The first-order chi connectivity index (χ1) is 17.2. The van der Waals surface area contributed by atoms with Crippen LogP contribution < -0.4 is 14.2 Å². The second-order valence-electron chi connectivity index (χ2n) is 9.41. The van der Waals surface area contributed by atoms with Crippen molar-refractivity contribution in [2.75, 3.05) is 6.79 Å². The Kier molecular flexibility index (Phi) is 4.46. The zero-order chi connectivity index (χ0) is 23.5. The monoisotopic (exact) mass is 466 g/mol. The average molecular weight is 466 g/mol. The van der Waals surface area contributed by atoms with Crippen LogP contribution in [0.25, 0.3) is 10.8 Å². The first kappa shape index (κ1) is 20.3. The predicted molar refractivity (Wildman–Crippen MR) is 128 cm³/mol. The van der Waals surface area contributed by atoms with E-state index in [-0.39, 0.29) is 42.3 Å². The summed E-state index contributed by atoms with van der Waals surface area (Å²) in [6.07, 6.45) is 6.64. The van der Waals surface area contributed by atoms with E-state index in [0.29, 0.717) is 18.1 Å². The highest BCUT2D eigenvalue weighted by Gasteiger charge is 2.59. The number of imide groups is 1. The summed E-state index contributed by atoms with van der Waals surface area (Å²) in [5.74, 6) is 1.40. The Bertz CT molecular complexity index is 1410. The van der Waals surface area contributed by atoms with Gasteiger partial charge in [-0.2, -0.15) is 10.1 Å². The Labute approximate surface area is 201 Å². The van der Waals surface area contributed by atoms with Gasteiger partial charge in [-0.1, -0.05) is 48.6 Å². The second kappa shape index (κ2) is 7.70. The molecule has 7 nitrogen and oxygen atoms in total. The van der Waals surface area contributed by atoms with E-state index in [1.165, 1.54) is 0 Å². The van der Waals surface area contributed by atoms with Crippen LogP contribution in [0.4, 0.5) is 0 Å². The number of benzene rings is 3. The largest absolute Gasteiger partial charge is 0.488 e. The van der Waals surface area contributed by atoms with Gasteiger partial charge >= 0.3 is 0 Å². The van der Waals surface area contributed by atoms with Crippen molar-refractivity contribution in [3.63, 3.8) is 0 Å². The van der Waals surface area contributed by atoms with Crippen molar-refractivity contribution >= 4 is 28.8 Å². The number of allylic oxidation sites excluding steroid dienone is 2. The third kappa shape index (κ3) is 3.15.